The number of hydrogen-bond donors (Lipinski definition) is 1. The smallest absolute Gasteiger partial charge is 0.189 e. The van der Waals surface area contributed by atoms with Crippen LogP contribution < -0.4 is 4.74 Å². The zero-order valence-corrected chi connectivity index (χ0v) is 14.9. The molecular weight excluding hydrogens is 312 g/mol. The van der Waals surface area contributed by atoms with Crippen LogP contribution in [0.1, 0.15) is 49.7 Å². The first kappa shape index (κ1) is 15.4. The third kappa shape index (κ3) is 2.19. The number of rotatable bonds is 3. The van der Waals surface area contributed by atoms with Gasteiger partial charge in [0.1, 0.15) is 12.3 Å². The summed E-state index contributed by atoms with van der Waals surface area (Å²) in [7, 11) is 1.73. The van der Waals surface area contributed by atoms with Gasteiger partial charge in [0, 0.05) is 18.3 Å². The van der Waals surface area contributed by atoms with Gasteiger partial charge in [-0.3, -0.25) is 0 Å². The van der Waals surface area contributed by atoms with Gasteiger partial charge < -0.3 is 9.94 Å². The zero-order chi connectivity index (χ0) is 17.0. The van der Waals surface area contributed by atoms with E-state index in [4.69, 9.17) is 4.74 Å². The molecule has 0 amide bonds. The van der Waals surface area contributed by atoms with Crippen LogP contribution in [0.4, 0.5) is 0 Å². The van der Waals surface area contributed by atoms with Crippen LogP contribution in [0, 0.1) is 11.8 Å². The lowest BCUT2D eigenvalue weighted by atomic mass is 9.52. The molecule has 2 bridgehead atoms. The predicted molar refractivity (Wildman–Crippen MR) is 97.3 cm³/mol. The Labute approximate surface area is 149 Å². The highest BCUT2D eigenvalue weighted by atomic mass is 16.5. The van der Waals surface area contributed by atoms with Gasteiger partial charge in [-0.05, 0) is 48.9 Å². The van der Waals surface area contributed by atoms with E-state index in [-0.39, 0.29) is 5.41 Å². The molecule has 2 fully saturated rings. The molecular formula is C21H27N2O2+. The molecule has 0 radical (unpaired) electrons. The molecule has 1 N–H and O–H groups in total. The third-order valence-corrected chi connectivity index (χ3v) is 7.11. The highest BCUT2D eigenvalue weighted by Gasteiger charge is 2.60. The molecule has 4 heteroatoms. The summed E-state index contributed by atoms with van der Waals surface area (Å²) in [5.41, 5.74) is 3.52. The molecule has 2 saturated carbocycles. The van der Waals surface area contributed by atoms with Crippen molar-refractivity contribution in [3.8, 4) is 5.75 Å². The molecule has 0 saturated heterocycles. The number of benzene rings is 1. The summed E-state index contributed by atoms with van der Waals surface area (Å²) in [5, 5.41) is 13.8. The van der Waals surface area contributed by atoms with Gasteiger partial charge in [-0.2, -0.15) is 0 Å². The number of hydrogen-bond acceptors (Lipinski definition) is 3. The first-order valence-electron chi connectivity index (χ1n) is 9.77. The summed E-state index contributed by atoms with van der Waals surface area (Å²) in [6.45, 7) is 1.13. The Morgan fingerprint density at radius 1 is 1.28 bits per heavy atom. The molecule has 4 aliphatic rings. The SMILES string of the molecule is COc1ccc2c(c1)[C@]13CCCC[C@H]1[C@H](C2)[N+](CC1CC1)=C/C3=N/O. The van der Waals surface area contributed by atoms with Gasteiger partial charge in [0.15, 0.2) is 18.0 Å². The van der Waals surface area contributed by atoms with E-state index >= 15 is 0 Å². The number of oxime groups is 1. The van der Waals surface area contributed by atoms with Crippen LogP contribution >= 0.6 is 0 Å². The lowest BCUT2D eigenvalue weighted by Gasteiger charge is -2.51. The fourth-order valence-corrected chi connectivity index (χ4v) is 5.77. The van der Waals surface area contributed by atoms with E-state index in [2.05, 4.69) is 34.1 Å². The van der Waals surface area contributed by atoms with E-state index in [1.807, 2.05) is 0 Å². The van der Waals surface area contributed by atoms with Crippen molar-refractivity contribution in [1.82, 2.24) is 0 Å². The minimum atomic E-state index is -0.125. The standard InChI is InChI=1S/C21H26N2O2/c1-25-16-8-7-15-10-19-17-4-2-3-9-21(17,18(15)11-16)20(22-24)13-23(19)12-14-5-6-14/h7-8,11,13-14,17,19H,2-6,9-10,12H2,1H3/p+1/t17-,19-,21-/m0/s1. The lowest BCUT2D eigenvalue weighted by molar-refractivity contribution is -0.578. The molecule has 3 atom stereocenters. The van der Waals surface area contributed by atoms with Gasteiger partial charge in [-0.25, -0.2) is 4.58 Å². The molecule has 1 aromatic rings. The van der Waals surface area contributed by atoms with Crippen molar-refractivity contribution in [3.63, 3.8) is 0 Å². The minimum absolute atomic E-state index is 0.125. The molecule has 1 aromatic carbocycles. The van der Waals surface area contributed by atoms with Gasteiger partial charge in [0.2, 0.25) is 0 Å². The monoisotopic (exact) mass is 339 g/mol. The minimum Gasteiger partial charge on any atom is -0.497 e. The van der Waals surface area contributed by atoms with Crippen molar-refractivity contribution < 1.29 is 14.5 Å². The van der Waals surface area contributed by atoms with Gasteiger partial charge >= 0.3 is 0 Å². The Morgan fingerprint density at radius 2 is 2.16 bits per heavy atom. The molecule has 3 aliphatic carbocycles. The van der Waals surface area contributed by atoms with E-state index in [9.17, 15) is 5.21 Å². The Kier molecular flexibility index (Phi) is 3.44. The lowest BCUT2D eigenvalue weighted by Crippen LogP contribution is -2.62. The number of methoxy groups -OCH3 is 1. The fourth-order valence-electron chi connectivity index (χ4n) is 5.77. The molecule has 25 heavy (non-hydrogen) atoms. The van der Waals surface area contributed by atoms with Crippen LogP contribution in [-0.4, -0.2) is 41.4 Å². The van der Waals surface area contributed by atoms with Crippen LogP contribution in [0.2, 0.25) is 0 Å². The molecule has 132 valence electrons. The Bertz CT molecular complexity index is 765. The second-order valence-electron chi connectivity index (χ2n) is 8.37. The maximum Gasteiger partial charge on any atom is 0.189 e. The van der Waals surface area contributed by atoms with Crippen molar-refractivity contribution in [2.75, 3.05) is 13.7 Å². The molecule has 1 aliphatic heterocycles. The normalized spacial score (nSPS) is 34.9. The number of ether oxygens (including phenoxy) is 1. The Morgan fingerprint density at radius 3 is 2.92 bits per heavy atom. The summed E-state index contributed by atoms with van der Waals surface area (Å²) in [5.74, 6) is 2.30. The average Bonchev–Trinajstić information content (AvgIpc) is 3.47. The molecule has 0 spiro atoms. The summed E-state index contributed by atoms with van der Waals surface area (Å²) in [6.07, 6.45) is 10.8. The average molecular weight is 339 g/mol. The molecule has 0 unspecified atom stereocenters. The first-order valence-corrected chi connectivity index (χ1v) is 9.77. The zero-order valence-electron chi connectivity index (χ0n) is 14.9. The van der Waals surface area contributed by atoms with Gasteiger partial charge in [-0.1, -0.05) is 24.1 Å². The molecule has 1 heterocycles. The number of fused-ring (bicyclic) bond motifs is 1. The van der Waals surface area contributed by atoms with Crippen LogP contribution in [-0.2, 0) is 11.8 Å². The van der Waals surface area contributed by atoms with Crippen LogP contribution in [0.5, 0.6) is 5.75 Å². The predicted octanol–water partition coefficient (Wildman–Crippen LogP) is 3.39. The van der Waals surface area contributed by atoms with Crippen molar-refractivity contribution >= 4 is 11.9 Å². The van der Waals surface area contributed by atoms with Crippen molar-refractivity contribution in [2.24, 2.45) is 17.0 Å². The van der Waals surface area contributed by atoms with Crippen molar-refractivity contribution in [3.05, 3.63) is 29.3 Å². The van der Waals surface area contributed by atoms with E-state index in [1.165, 1.54) is 43.2 Å². The summed E-state index contributed by atoms with van der Waals surface area (Å²) >= 11 is 0. The largest absolute Gasteiger partial charge is 0.497 e. The molecule has 0 aromatic heterocycles. The third-order valence-electron chi connectivity index (χ3n) is 7.11. The van der Waals surface area contributed by atoms with E-state index in [0.717, 1.165) is 36.8 Å². The molecule has 5 rings (SSSR count). The Balaban J connectivity index is 1.70. The fraction of sp³-hybridized carbons (Fsp3) is 0.619. The second-order valence-corrected chi connectivity index (χ2v) is 8.37. The van der Waals surface area contributed by atoms with Gasteiger partial charge in [0.25, 0.3) is 0 Å². The summed E-state index contributed by atoms with van der Waals surface area (Å²) < 4.78 is 8.04. The highest BCUT2D eigenvalue weighted by Crippen LogP contribution is 2.54. The van der Waals surface area contributed by atoms with Gasteiger partial charge in [0.05, 0.1) is 12.5 Å². The topological polar surface area (TPSA) is 44.8 Å². The molecule has 4 nitrogen and oxygen atoms in total. The maximum absolute atomic E-state index is 9.96. The van der Waals surface area contributed by atoms with Gasteiger partial charge in [-0.15, -0.1) is 0 Å². The van der Waals surface area contributed by atoms with Crippen molar-refractivity contribution in [2.45, 2.75) is 56.4 Å². The van der Waals surface area contributed by atoms with Crippen LogP contribution in [0.3, 0.4) is 0 Å². The summed E-state index contributed by atoms with van der Waals surface area (Å²) in [4.78, 5) is 0. The Hall–Kier alpha value is -1.84. The van der Waals surface area contributed by atoms with Crippen LogP contribution in [0.25, 0.3) is 0 Å². The van der Waals surface area contributed by atoms with Crippen LogP contribution in [0.15, 0.2) is 23.4 Å². The summed E-state index contributed by atoms with van der Waals surface area (Å²) in [6, 6.07) is 7.08. The first-order chi connectivity index (χ1) is 12.3. The van der Waals surface area contributed by atoms with E-state index in [0.29, 0.717) is 12.0 Å². The quantitative estimate of drug-likeness (QED) is 0.521. The van der Waals surface area contributed by atoms with Crippen molar-refractivity contribution in [1.29, 1.82) is 0 Å². The maximum atomic E-state index is 9.96. The number of nitrogens with zero attached hydrogens (tertiary/aromatic N) is 2. The van der Waals surface area contributed by atoms with E-state index in [1.54, 1.807) is 7.11 Å². The second kappa shape index (κ2) is 5.58. The van der Waals surface area contributed by atoms with E-state index < -0.39 is 0 Å². The highest BCUT2D eigenvalue weighted by molar-refractivity contribution is 6.33.